The molecule has 0 unspecified atom stereocenters. The molecule has 0 saturated heterocycles. The molecule has 1 heterocycles. The molecule has 2 aromatic rings. The van der Waals surface area contributed by atoms with Crippen LogP contribution >= 0.6 is 0 Å². The smallest absolute Gasteiger partial charge is 0.225 e. The van der Waals surface area contributed by atoms with Gasteiger partial charge < -0.3 is 10.1 Å². The van der Waals surface area contributed by atoms with Crippen molar-refractivity contribution >= 4 is 11.7 Å². The number of halogens is 2. The van der Waals surface area contributed by atoms with E-state index in [9.17, 15) is 18.4 Å². The van der Waals surface area contributed by atoms with E-state index in [1.807, 2.05) is 0 Å². The molecule has 4 nitrogen and oxygen atoms in total. The monoisotopic (exact) mass is 317 g/mol. The summed E-state index contributed by atoms with van der Waals surface area (Å²) in [7, 11) is 0. The first kappa shape index (κ1) is 15.1. The summed E-state index contributed by atoms with van der Waals surface area (Å²) in [5.74, 6) is -2.43. The summed E-state index contributed by atoms with van der Waals surface area (Å²) in [4.78, 5) is 24.3. The second-order valence-corrected chi connectivity index (χ2v) is 5.18. The Balaban J connectivity index is 1.69. The number of rotatable bonds is 3. The summed E-state index contributed by atoms with van der Waals surface area (Å²) in [6.45, 7) is 0.00716. The first-order chi connectivity index (χ1) is 11.1. The minimum absolute atomic E-state index is 0.00716. The van der Waals surface area contributed by atoms with E-state index in [4.69, 9.17) is 4.74 Å². The van der Waals surface area contributed by atoms with Gasteiger partial charge in [-0.3, -0.25) is 9.59 Å². The lowest BCUT2D eigenvalue weighted by Crippen LogP contribution is -2.47. The number of fused-ring (bicyclic) bond motifs is 1. The Morgan fingerprint density at radius 2 is 1.96 bits per heavy atom. The molecular weight excluding hydrogens is 304 g/mol. The van der Waals surface area contributed by atoms with Crippen molar-refractivity contribution in [2.75, 3.05) is 6.61 Å². The second kappa shape index (κ2) is 6.16. The molecule has 23 heavy (non-hydrogen) atoms. The molecule has 0 aliphatic carbocycles. The molecule has 3 rings (SSSR count). The molecule has 0 fully saturated rings. The van der Waals surface area contributed by atoms with Crippen molar-refractivity contribution in [3.63, 3.8) is 0 Å². The van der Waals surface area contributed by atoms with Crippen molar-refractivity contribution < 1.29 is 23.1 Å². The third-order valence-electron chi connectivity index (χ3n) is 3.59. The highest BCUT2D eigenvalue weighted by Crippen LogP contribution is 2.24. The lowest BCUT2D eigenvalue weighted by atomic mass is 10.0. The first-order valence-electron chi connectivity index (χ1n) is 7.04. The minimum atomic E-state index is -1.06. The van der Waals surface area contributed by atoms with Gasteiger partial charge in [-0.2, -0.15) is 0 Å². The van der Waals surface area contributed by atoms with E-state index in [1.165, 1.54) is 12.1 Å². The SMILES string of the molecule is O=C(Cc1cccc(F)c1F)N[C@@H]1COc2ccccc2C1=O. The Labute approximate surface area is 131 Å². The van der Waals surface area contributed by atoms with Gasteiger partial charge in [-0.05, 0) is 18.2 Å². The highest BCUT2D eigenvalue weighted by Gasteiger charge is 2.29. The average Bonchev–Trinajstić information content (AvgIpc) is 2.55. The van der Waals surface area contributed by atoms with Gasteiger partial charge in [-0.15, -0.1) is 0 Å². The predicted molar refractivity (Wildman–Crippen MR) is 78.3 cm³/mol. The van der Waals surface area contributed by atoms with Crippen molar-refractivity contribution in [3.8, 4) is 5.75 Å². The lowest BCUT2D eigenvalue weighted by Gasteiger charge is -2.24. The highest BCUT2D eigenvalue weighted by atomic mass is 19.2. The number of benzene rings is 2. The molecule has 0 spiro atoms. The van der Waals surface area contributed by atoms with E-state index in [-0.39, 0.29) is 24.4 Å². The molecule has 0 bridgehead atoms. The number of Topliss-reactive ketones (excluding diaryl/α,β-unsaturated/α-hetero) is 1. The van der Waals surface area contributed by atoms with E-state index in [0.717, 1.165) is 6.07 Å². The van der Waals surface area contributed by atoms with Gasteiger partial charge in [0.1, 0.15) is 18.4 Å². The maximum absolute atomic E-state index is 13.6. The molecule has 2 aromatic carbocycles. The maximum Gasteiger partial charge on any atom is 0.225 e. The van der Waals surface area contributed by atoms with E-state index >= 15 is 0 Å². The number of carbonyl (C=O) groups is 2. The van der Waals surface area contributed by atoms with Crippen LogP contribution in [-0.4, -0.2) is 24.3 Å². The fourth-order valence-corrected chi connectivity index (χ4v) is 2.44. The molecule has 6 heteroatoms. The summed E-state index contributed by atoms with van der Waals surface area (Å²) in [5, 5.41) is 2.50. The number of carbonyl (C=O) groups excluding carboxylic acids is 2. The topological polar surface area (TPSA) is 55.4 Å². The van der Waals surface area contributed by atoms with Crippen LogP contribution < -0.4 is 10.1 Å². The first-order valence-corrected chi connectivity index (χ1v) is 7.04. The van der Waals surface area contributed by atoms with Crippen molar-refractivity contribution in [2.45, 2.75) is 12.5 Å². The standard InChI is InChI=1S/C17H13F2NO3/c18-12-6-3-4-10(16(12)19)8-15(21)20-13-9-23-14-7-2-1-5-11(14)17(13)22/h1-7,13H,8-9H2,(H,20,21)/t13-/m1/s1. The van der Waals surface area contributed by atoms with Gasteiger partial charge in [-0.25, -0.2) is 8.78 Å². The number of amides is 1. The van der Waals surface area contributed by atoms with Crippen molar-refractivity contribution in [1.82, 2.24) is 5.32 Å². The van der Waals surface area contributed by atoms with Gasteiger partial charge in [0.2, 0.25) is 5.91 Å². The van der Waals surface area contributed by atoms with E-state index in [0.29, 0.717) is 11.3 Å². The Morgan fingerprint density at radius 3 is 2.78 bits per heavy atom. The summed E-state index contributed by atoms with van der Waals surface area (Å²) in [5.41, 5.74) is 0.327. The fourth-order valence-electron chi connectivity index (χ4n) is 2.44. The van der Waals surface area contributed by atoms with Crippen LogP contribution in [0.2, 0.25) is 0 Å². The van der Waals surface area contributed by atoms with E-state index in [2.05, 4.69) is 5.32 Å². The zero-order valence-electron chi connectivity index (χ0n) is 12.0. The van der Waals surface area contributed by atoms with Crippen LogP contribution in [0.3, 0.4) is 0 Å². The number of hydrogen-bond acceptors (Lipinski definition) is 3. The van der Waals surface area contributed by atoms with E-state index in [1.54, 1.807) is 24.3 Å². The normalized spacial score (nSPS) is 16.4. The van der Waals surface area contributed by atoms with Gasteiger partial charge in [0.05, 0.1) is 12.0 Å². The third-order valence-corrected chi connectivity index (χ3v) is 3.59. The van der Waals surface area contributed by atoms with Crippen LogP contribution in [0.4, 0.5) is 8.78 Å². The summed E-state index contributed by atoms with van der Waals surface area (Å²) in [6, 6.07) is 9.53. The quantitative estimate of drug-likeness (QED) is 0.945. The molecule has 118 valence electrons. The molecule has 1 atom stereocenters. The zero-order valence-corrected chi connectivity index (χ0v) is 12.0. The Morgan fingerprint density at radius 1 is 1.17 bits per heavy atom. The van der Waals surface area contributed by atoms with Gasteiger partial charge in [-0.1, -0.05) is 24.3 Å². The van der Waals surface area contributed by atoms with Crippen molar-refractivity contribution in [2.24, 2.45) is 0 Å². The molecule has 1 N–H and O–H groups in total. The third kappa shape index (κ3) is 3.06. The fraction of sp³-hybridized carbons (Fsp3) is 0.176. The summed E-state index contributed by atoms with van der Waals surface area (Å²) in [6.07, 6.45) is -0.352. The molecular formula is C17H13F2NO3. The van der Waals surface area contributed by atoms with Crippen molar-refractivity contribution in [3.05, 3.63) is 65.2 Å². The number of hydrogen-bond donors (Lipinski definition) is 1. The number of para-hydroxylation sites is 1. The van der Waals surface area contributed by atoms with Crippen LogP contribution in [0.5, 0.6) is 5.75 Å². The Hall–Kier alpha value is -2.76. The molecule has 1 aliphatic heterocycles. The van der Waals surface area contributed by atoms with E-state index < -0.39 is 23.6 Å². The summed E-state index contributed by atoms with van der Waals surface area (Å²) >= 11 is 0. The van der Waals surface area contributed by atoms with Crippen LogP contribution in [0.1, 0.15) is 15.9 Å². The minimum Gasteiger partial charge on any atom is -0.490 e. The Bertz CT molecular complexity index is 776. The maximum atomic E-state index is 13.6. The van der Waals surface area contributed by atoms with Crippen LogP contribution in [-0.2, 0) is 11.2 Å². The van der Waals surface area contributed by atoms with Gasteiger partial charge in [0, 0.05) is 5.56 Å². The second-order valence-electron chi connectivity index (χ2n) is 5.18. The molecule has 1 aliphatic rings. The zero-order chi connectivity index (χ0) is 16.4. The van der Waals surface area contributed by atoms with Gasteiger partial charge in [0.15, 0.2) is 17.4 Å². The summed E-state index contributed by atoms with van der Waals surface area (Å²) < 4.78 is 32.1. The van der Waals surface area contributed by atoms with Gasteiger partial charge in [0.25, 0.3) is 0 Å². The lowest BCUT2D eigenvalue weighted by molar-refractivity contribution is -0.121. The largest absolute Gasteiger partial charge is 0.490 e. The number of ether oxygens (including phenoxy) is 1. The predicted octanol–water partition coefficient (Wildman–Crippen LogP) is 2.27. The van der Waals surface area contributed by atoms with Crippen molar-refractivity contribution in [1.29, 1.82) is 0 Å². The van der Waals surface area contributed by atoms with Crippen LogP contribution in [0.15, 0.2) is 42.5 Å². The average molecular weight is 317 g/mol. The Kier molecular flexibility index (Phi) is 4.06. The molecule has 1 amide bonds. The number of ketones is 1. The highest BCUT2D eigenvalue weighted by molar-refractivity contribution is 6.05. The molecule has 0 aromatic heterocycles. The molecule has 0 radical (unpaired) electrons. The van der Waals surface area contributed by atoms with Crippen LogP contribution in [0, 0.1) is 11.6 Å². The number of nitrogens with one attached hydrogen (secondary N) is 1. The van der Waals surface area contributed by atoms with Gasteiger partial charge >= 0.3 is 0 Å². The molecule has 0 saturated carbocycles. The van der Waals surface area contributed by atoms with Crippen LogP contribution in [0.25, 0.3) is 0 Å².